The molecule has 0 aromatic heterocycles. The molecule has 136 valence electrons. The van der Waals surface area contributed by atoms with Crippen molar-refractivity contribution in [1.82, 2.24) is 15.3 Å². The Morgan fingerprint density at radius 2 is 2.16 bits per heavy atom. The first-order valence-corrected chi connectivity index (χ1v) is 9.26. The summed E-state index contributed by atoms with van der Waals surface area (Å²) in [7, 11) is 2.24. The summed E-state index contributed by atoms with van der Waals surface area (Å²) in [5, 5.41) is 8.77. The summed E-state index contributed by atoms with van der Waals surface area (Å²) in [6, 6.07) is 3.45. The molecule has 2 atom stereocenters. The molecule has 6 heteroatoms. The van der Waals surface area contributed by atoms with Crippen molar-refractivity contribution in [3.63, 3.8) is 0 Å². The molecular formula is C19H26FN3O2. The molecule has 4 rings (SSSR count). The highest BCUT2D eigenvalue weighted by molar-refractivity contribution is 5.93. The number of likely N-dealkylation sites (N-methyl/N-ethyl adjacent to an activating group) is 1. The molecule has 25 heavy (non-hydrogen) atoms. The van der Waals surface area contributed by atoms with Crippen molar-refractivity contribution in [1.29, 1.82) is 0 Å². The number of hydrogen-bond acceptors (Lipinski definition) is 4. The van der Waals surface area contributed by atoms with Gasteiger partial charge in [0, 0.05) is 35.8 Å². The molecule has 2 heterocycles. The lowest BCUT2D eigenvalue weighted by Crippen LogP contribution is -2.69. The Hall–Kier alpha value is -1.50. The van der Waals surface area contributed by atoms with E-state index < -0.39 is 5.91 Å². The predicted molar refractivity (Wildman–Crippen MR) is 92.0 cm³/mol. The molecule has 1 spiro atoms. The normalized spacial score (nSPS) is 30.0. The molecule has 1 aromatic rings. The highest BCUT2D eigenvalue weighted by atomic mass is 19.1. The topological polar surface area (TPSA) is 55.8 Å². The number of hydroxylamine groups is 1. The van der Waals surface area contributed by atoms with Crippen molar-refractivity contribution in [3.05, 3.63) is 34.6 Å². The minimum atomic E-state index is -0.661. The number of nitrogens with one attached hydrogen (secondary N) is 1. The fraction of sp³-hybridized carbons (Fsp3) is 0.632. The highest BCUT2D eigenvalue weighted by Crippen LogP contribution is 2.47. The maximum Gasteiger partial charge on any atom is 0.274 e. The molecule has 1 saturated heterocycles. The van der Waals surface area contributed by atoms with Crippen LogP contribution in [0.4, 0.5) is 4.39 Å². The fourth-order valence-electron chi connectivity index (χ4n) is 5.16. The van der Waals surface area contributed by atoms with Crippen LogP contribution in [0.2, 0.25) is 0 Å². The molecular weight excluding hydrogens is 321 g/mol. The molecule has 1 amide bonds. The first-order chi connectivity index (χ1) is 12.0. The van der Waals surface area contributed by atoms with Crippen molar-refractivity contribution in [2.24, 2.45) is 0 Å². The third kappa shape index (κ3) is 2.67. The third-order valence-corrected chi connectivity index (χ3v) is 6.71. The molecule has 1 saturated carbocycles. The molecule has 2 N–H and O–H groups in total. The van der Waals surface area contributed by atoms with Crippen molar-refractivity contribution in [2.45, 2.75) is 56.7 Å². The molecule has 0 radical (unpaired) electrons. The van der Waals surface area contributed by atoms with Crippen molar-refractivity contribution in [2.75, 3.05) is 20.1 Å². The Kier molecular flexibility index (Phi) is 4.30. The van der Waals surface area contributed by atoms with Gasteiger partial charge in [0.05, 0.1) is 0 Å². The van der Waals surface area contributed by atoms with Gasteiger partial charge in [-0.3, -0.25) is 19.8 Å². The number of hydrogen-bond donors (Lipinski definition) is 2. The minimum Gasteiger partial charge on any atom is -0.299 e. The van der Waals surface area contributed by atoms with Crippen LogP contribution in [0.25, 0.3) is 0 Å². The summed E-state index contributed by atoms with van der Waals surface area (Å²) >= 11 is 0. The van der Waals surface area contributed by atoms with E-state index in [9.17, 15) is 9.18 Å². The monoisotopic (exact) mass is 347 g/mol. The van der Waals surface area contributed by atoms with Crippen LogP contribution in [0.1, 0.15) is 53.6 Å². The zero-order chi connectivity index (χ0) is 17.6. The third-order valence-electron chi connectivity index (χ3n) is 6.71. The quantitative estimate of drug-likeness (QED) is 0.637. The van der Waals surface area contributed by atoms with Crippen LogP contribution in [0.5, 0.6) is 0 Å². The van der Waals surface area contributed by atoms with E-state index in [0.717, 1.165) is 25.1 Å². The van der Waals surface area contributed by atoms with Gasteiger partial charge in [0.15, 0.2) is 0 Å². The number of piperidine rings is 1. The van der Waals surface area contributed by atoms with E-state index in [4.69, 9.17) is 5.21 Å². The Bertz CT molecular complexity index is 695. The van der Waals surface area contributed by atoms with Gasteiger partial charge in [0.1, 0.15) is 5.82 Å². The first-order valence-electron chi connectivity index (χ1n) is 9.26. The fourth-order valence-corrected chi connectivity index (χ4v) is 5.16. The summed E-state index contributed by atoms with van der Waals surface area (Å²) in [6.07, 6.45) is 6.99. The van der Waals surface area contributed by atoms with Crippen LogP contribution < -0.4 is 5.48 Å². The molecule has 2 fully saturated rings. The van der Waals surface area contributed by atoms with Gasteiger partial charge in [-0.2, -0.15) is 0 Å². The van der Waals surface area contributed by atoms with Crippen LogP contribution in [0.15, 0.2) is 12.1 Å². The standard InChI is InChI=1S/C19H26FN3O2/c1-22-8-3-2-6-19(22)7-4-17(19)23-9-5-13-10-14(18(24)21-25)11-16(20)15(13)12-23/h10-11,17,25H,2-9,12H2,1H3,(H,21,24)/t17-,19-/m1/s1. The number of carbonyl (C=O) groups is 1. The molecule has 1 aliphatic carbocycles. The second kappa shape index (κ2) is 6.34. The molecule has 0 unspecified atom stereocenters. The largest absolute Gasteiger partial charge is 0.299 e. The maximum atomic E-state index is 14.6. The van der Waals surface area contributed by atoms with Gasteiger partial charge in [-0.15, -0.1) is 0 Å². The van der Waals surface area contributed by atoms with Gasteiger partial charge >= 0.3 is 0 Å². The van der Waals surface area contributed by atoms with Gasteiger partial charge < -0.3 is 0 Å². The van der Waals surface area contributed by atoms with Gasteiger partial charge in [-0.25, -0.2) is 9.87 Å². The Morgan fingerprint density at radius 3 is 2.84 bits per heavy atom. The number of halogens is 1. The van der Waals surface area contributed by atoms with E-state index in [1.54, 1.807) is 11.5 Å². The number of benzene rings is 1. The smallest absolute Gasteiger partial charge is 0.274 e. The van der Waals surface area contributed by atoms with Crippen molar-refractivity contribution >= 4 is 5.91 Å². The SMILES string of the molecule is CN1CCCC[C@]12CC[C@H]2N1CCc2cc(C(=O)NO)cc(F)c2C1. The molecule has 5 nitrogen and oxygen atoms in total. The summed E-state index contributed by atoms with van der Waals surface area (Å²) in [5.74, 6) is -1.00. The number of fused-ring (bicyclic) bond motifs is 1. The number of amides is 1. The highest BCUT2D eigenvalue weighted by Gasteiger charge is 2.52. The van der Waals surface area contributed by atoms with E-state index in [2.05, 4.69) is 16.8 Å². The van der Waals surface area contributed by atoms with E-state index in [1.165, 1.54) is 38.2 Å². The Morgan fingerprint density at radius 1 is 1.32 bits per heavy atom. The molecule has 0 bridgehead atoms. The number of carbonyl (C=O) groups excluding carboxylic acids is 1. The van der Waals surface area contributed by atoms with Crippen LogP contribution in [-0.4, -0.2) is 52.6 Å². The Labute approximate surface area is 147 Å². The zero-order valence-corrected chi connectivity index (χ0v) is 14.7. The summed E-state index contributed by atoms with van der Waals surface area (Å²) in [4.78, 5) is 16.6. The first kappa shape index (κ1) is 16.9. The lowest BCUT2D eigenvalue weighted by atomic mass is 9.65. The van der Waals surface area contributed by atoms with Gasteiger partial charge in [0.2, 0.25) is 0 Å². The average Bonchev–Trinajstić information content (AvgIpc) is 2.61. The molecule has 3 aliphatic rings. The van der Waals surface area contributed by atoms with Gasteiger partial charge in [-0.05, 0) is 63.4 Å². The average molecular weight is 347 g/mol. The zero-order valence-electron chi connectivity index (χ0n) is 14.7. The lowest BCUT2D eigenvalue weighted by Gasteiger charge is -2.61. The second-order valence-electron chi connectivity index (χ2n) is 7.79. The summed E-state index contributed by atoms with van der Waals surface area (Å²) in [6.45, 7) is 2.67. The van der Waals surface area contributed by atoms with E-state index in [1.807, 2.05) is 0 Å². The van der Waals surface area contributed by atoms with Crippen molar-refractivity contribution in [3.8, 4) is 0 Å². The number of rotatable bonds is 2. The minimum absolute atomic E-state index is 0.180. The lowest BCUT2D eigenvalue weighted by molar-refractivity contribution is -0.0882. The van der Waals surface area contributed by atoms with E-state index in [-0.39, 0.29) is 16.9 Å². The van der Waals surface area contributed by atoms with Crippen molar-refractivity contribution < 1.29 is 14.4 Å². The molecule has 1 aromatic carbocycles. The van der Waals surface area contributed by atoms with E-state index in [0.29, 0.717) is 18.2 Å². The number of nitrogens with zero attached hydrogens (tertiary/aromatic N) is 2. The van der Waals surface area contributed by atoms with Crippen LogP contribution in [-0.2, 0) is 13.0 Å². The van der Waals surface area contributed by atoms with E-state index >= 15 is 0 Å². The molecule has 2 aliphatic heterocycles. The summed E-state index contributed by atoms with van der Waals surface area (Å²) in [5.41, 5.74) is 3.64. The maximum absolute atomic E-state index is 14.6. The van der Waals surface area contributed by atoms with Crippen LogP contribution in [0.3, 0.4) is 0 Å². The predicted octanol–water partition coefficient (Wildman–Crippen LogP) is 2.32. The van der Waals surface area contributed by atoms with Crippen LogP contribution >= 0.6 is 0 Å². The second-order valence-corrected chi connectivity index (χ2v) is 7.79. The van der Waals surface area contributed by atoms with Gasteiger partial charge in [0.25, 0.3) is 5.91 Å². The number of likely N-dealkylation sites (tertiary alicyclic amines) is 1. The summed E-state index contributed by atoms with van der Waals surface area (Å²) < 4.78 is 14.6. The Balaban J connectivity index is 1.56. The van der Waals surface area contributed by atoms with Gasteiger partial charge in [-0.1, -0.05) is 6.42 Å². The van der Waals surface area contributed by atoms with Crippen LogP contribution in [0, 0.1) is 5.82 Å².